The minimum atomic E-state index is -0.386. The van der Waals surface area contributed by atoms with Crippen LogP contribution in [0.4, 0.5) is 0 Å². The van der Waals surface area contributed by atoms with Gasteiger partial charge in [0.05, 0.1) is 0 Å². The van der Waals surface area contributed by atoms with Crippen LogP contribution in [0.15, 0.2) is 23.8 Å². The van der Waals surface area contributed by atoms with Gasteiger partial charge in [0.2, 0.25) is 11.6 Å². The first kappa shape index (κ1) is 8.91. The lowest BCUT2D eigenvalue weighted by Gasteiger charge is -2.04. The highest BCUT2D eigenvalue weighted by Gasteiger charge is 2.17. The Bertz CT molecular complexity index is 259. The van der Waals surface area contributed by atoms with Crippen molar-refractivity contribution in [1.29, 1.82) is 0 Å². The summed E-state index contributed by atoms with van der Waals surface area (Å²) in [6, 6.07) is 0. The topological polar surface area (TPSA) is 34.1 Å². The van der Waals surface area contributed by atoms with Crippen molar-refractivity contribution in [2.45, 2.75) is 26.2 Å². The smallest absolute Gasteiger partial charge is 0.228 e. The summed E-state index contributed by atoms with van der Waals surface area (Å²) >= 11 is 0. The lowest BCUT2D eigenvalue weighted by atomic mass is 9.98. The molecule has 12 heavy (non-hydrogen) atoms. The lowest BCUT2D eigenvalue weighted by Crippen LogP contribution is -2.16. The van der Waals surface area contributed by atoms with Gasteiger partial charge in [-0.2, -0.15) is 0 Å². The minimum absolute atomic E-state index is 0.328. The van der Waals surface area contributed by atoms with E-state index >= 15 is 0 Å². The van der Waals surface area contributed by atoms with E-state index < -0.39 is 0 Å². The standard InChI is InChI=1S/C10H12O2/c1-2-3-5-8-6-4-7-9(11)10(8)12/h4,6-7H,2-3,5H2,1H3. The third-order valence-corrected chi connectivity index (χ3v) is 1.86. The third-order valence-electron chi connectivity index (χ3n) is 1.86. The van der Waals surface area contributed by atoms with Crippen molar-refractivity contribution in [3.63, 3.8) is 0 Å². The van der Waals surface area contributed by atoms with Gasteiger partial charge in [-0.3, -0.25) is 9.59 Å². The molecule has 0 aromatic carbocycles. The zero-order chi connectivity index (χ0) is 8.97. The van der Waals surface area contributed by atoms with Gasteiger partial charge in [0, 0.05) is 5.57 Å². The fourth-order valence-electron chi connectivity index (χ4n) is 1.13. The highest BCUT2D eigenvalue weighted by Crippen LogP contribution is 2.12. The summed E-state index contributed by atoms with van der Waals surface area (Å²) in [5.74, 6) is -0.713. The number of rotatable bonds is 3. The predicted molar refractivity (Wildman–Crippen MR) is 46.8 cm³/mol. The Morgan fingerprint density at radius 2 is 2.08 bits per heavy atom. The Balaban J connectivity index is 2.63. The molecule has 1 aliphatic rings. The molecule has 2 nitrogen and oxygen atoms in total. The second-order valence-corrected chi connectivity index (χ2v) is 2.85. The second kappa shape index (κ2) is 4.00. The highest BCUT2D eigenvalue weighted by atomic mass is 16.2. The van der Waals surface area contributed by atoms with E-state index in [-0.39, 0.29) is 11.6 Å². The van der Waals surface area contributed by atoms with Crippen molar-refractivity contribution in [2.24, 2.45) is 0 Å². The maximum absolute atomic E-state index is 11.2. The molecule has 2 heteroatoms. The quantitative estimate of drug-likeness (QED) is 0.471. The van der Waals surface area contributed by atoms with Crippen LogP contribution in [0, 0.1) is 0 Å². The summed E-state index contributed by atoms with van der Waals surface area (Å²) in [4.78, 5) is 22.1. The van der Waals surface area contributed by atoms with Crippen molar-refractivity contribution < 1.29 is 9.59 Å². The molecule has 0 spiro atoms. The van der Waals surface area contributed by atoms with E-state index in [9.17, 15) is 9.59 Å². The Labute approximate surface area is 72.0 Å². The van der Waals surface area contributed by atoms with E-state index in [1.54, 1.807) is 12.2 Å². The van der Waals surface area contributed by atoms with Crippen LogP contribution in [0.1, 0.15) is 26.2 Å². The molecule has 0 heterocycles. The molecule has 0 atom stereocenters. The number of allylic oxidation sites excluding steroid dienone is 4. The number of carbonyl (C=O) groups is 2. The number of ketones is 2. The molecule has 0 aromatic rings. The number of unbranched alkanes of at least 4 members (excludes halogenated alkanes) is 1. The fraction of sp³-hybridized carbons (Fsp3) is 0.400. The van der Waals surface area contributed by atoms with E-state index in [4.69, 9.17) is 0 Å². The summed E-state index contributed by atoms with van der Waals surface area (Å²) < 4.78 is 0. The number of carbonyl (C=O) groups excluding carboxylic acids is 2. The van der Waals surface area contributed by atoms with Gasteiger partial charge in [-0.25, -0.2) is 0 Å². The summed E-state index contributed by atoms with van der Waals surface area (Å²) in [7, 11) is 0. The molecule has 0 saturated carbocycles. The molecule has 0 amide bonds. The first-order chi connectivity index (χ1) is 5.75. The molecule has 0 unspecified atom stereocenters. The van der Waals surface area contributed by atoms with Crippen LogP contribution < -0.4 is 0 Å². The van der Waals surface area contributed by atoms with Crippen LogP contribution in [0.2, 0.25) is 0 Å². The fourth-order valence-corrected chi connectivity index (χ4v) is 1.13. The summed E-state index contributed by atoms with van der Waals surface area (Å²) in [5, 5.41) is 0. The first-order valence-electron chi connectivity index (χ1n) is 4.21. The van der Waals surface area contributed by atoms with Crippen molar-refractivity contribution >= 4 is 11.6 Å². The molecule has 0 aliphatic heterocycles. The molecular weight excluding hydrogens is 152 g/mol. The monoisotopic (exact) mass is 164 g/mol. The summed E-state index contributed by atoms with van der Waals surface area (Å²) in [6.07, 6.45) is 7.44. The molecule has 0 fully saturated rings. The Morgan fingerprint density at radius 1 is 1.33 bits per heavy atom. The molecule has 0 N–H and O–H groups in total. The third kappa shape index (κ3) is 1.91. The lowest BCUT2D eigenvalue weighted by molar-refractivity contribution is -0.131. The van der Waals surface area contributed by atoms with E-state index in [2.05, 4.69) is 6.92 Å². The van der Waals surface area contributed by atoms with Crippen LogP contribution >= 0.6 is 0 Å². The molecule has 0 aromatic heterocycles. The normalized spacial score (nSPS) is 16.6. The van der Waals surface area contributed by atoms with Crippen molar-refractivity contribution in [1.82, 2.24) is 0 Å². The molecule has 1 aliphatic carbocycles. The zero-order valence-corrected chi connectivity index (χ0v) is 7.17. The van der Waals surface area contributed by atoms with Gasteiger partial charge in [-0.15, -0.1) is 0 Å². The average molecular weight is 164 g/mol. The molecule has 0 saturated heterocycles. The Kier molecular flexibility index (Phi) is 2.97. The van der Waals surface area contributed by atoms with Gasteiger partial charge >= 0.3 is 0 Å². The molecule has 0 radical (unpaired) electrons. The van der Waals surface area contributed by atoms with E-state index in [0.717, 1.165) is 19.3 Å². The number of hydrogen-bond acceptors (Lipinski definition) is 2. The molecule has 0 bridgehead atoms. The van der Waals surface area contributed by atoms with E-state index in [0.29, 0.717) is 5.57 Å². The van der Waals surface area contributed by atoms with Gasteiger partial charge < -0.3 is 0 Å². The van der Waals surface area contributed by atoms with Crippen LogP contribution in [-0.2, 0) is 9.59 Å². The van der Waals surface area contributed by atoms with Crippen LogP contribution in [0.25, 0.3) is 0 Å². The number of hydrogen-bond donors (Lipinski definition) is 0. The second-order valence-electron chi connectivity index (χ2n) is 2.85. The maximum atomic E-state index is 11.2. The maximum Gasteiger partial charge on any atom is 0.228 e. The largest absolute Gasteiger partial charge is 0.286 e. The Hall–Kier alpha value is -1.18. The van der Waals surface area contributed by atoms with Crippen LogP contribution in [-0.4, -0.2) is 11.6 Å². The van der Waals surface area contributed by atoms with Gasteiger partial charge in [-0.05, 0) is 18.9 Å². The Morgan fingerprint density at radius 3 is 2.75 bits per heavy atom. The van der Waals surface area contributed by atoms with E-state index in [1.165, 1.54) is 6.08 Å². The van der Waals surface area contributed by atoms with Crippen LogP contribution in [0.3, 0.4) is 0 Å². The summed E-state index contributed by atoms with van der Waals surface area (Å²) in [5.41, 5.74) is 0.657. The van der Waals surface area contributed by atoms with Gasteiger partial charge in [0.15, 0.2) is 0 Å². The minimum Gasteiger partial charge on any atom is -0.286 e. The van der Waals surface area contributed by atoms with E-state index in [1.807, 2.05) is 0 Å². The van der Waals surface area contributed by atoms with Crippen molar-refractivity contribution in [2.75, 3.05) is 0 Å². The van der Waals surface area contributed by atoms with Crippen molar-refractivity contribution in [3.8, 4) is 0 Å². The summed E-state index contributed by atoms with van der Waals surface area (Å²) in [6.45, 7) is 2.06. The predicted octanol–water partition coefficient (Wildman–Crippen LogP) is 1.81. The van der Waals surface area contributed by atoms with Gasteiger partial charge in [-0.1, -0.05) is 25.5 Å². The highest BCUT2D eigenvalue weighted by molar-refractivity contribution is 6.48. The average Bonchev–Trinajstić information content (AvgIpc) is 2.08. The molecular formula is C10H12O2. The SMILES string of the molecule is CCCCC1=CC=CC(=O)C1=O. The van der Waals surface area contributed by atoms with Gasteiger partial charge in [0.1, 0.15) is 0 Å². The molecule has 64 valence electrons. The van der Waals surface area contributed by atoms with Crippen LogP contribution in [0.5, 0.6) is 0 Å². The van der Waals surface area contributed by atoms with Gasteiger partial charge in [0.25, 0.3) is 0 Å². The van der Waals surface area contributed by atoms with Crippen molar-refractivity contribution in [3.05, 3.63) is 23.8 Å². The molecule has 1 rings (SSSR count). The number of Topliss-reactive ketones (excluding diaryl/α,β-unsaturated/α-hetero) is 1. The first-order valence-corrected chi connectivity index (χ1v) is 4.21. The zero-order valence-electron chi connectivity index (χ0n) is 7.17.